The molecule has 0 spiro atoms. The van der Waals surface area contributed by atoms with Crippen molar-refractivity contribution in [2.75, 3.05) is 13.2 Å². The third-order valence-electron chi connectivity index (χ3n) is 2.82. The highest BCUT2D eigenvalue weighted by Gasteiger charge is 2.22. The Morgan fingerprint density at radius 2 is 2.22 bits per heavy atom. The highest BCUT2D eigenvalue weighted by atomic mass is 32.2. The van der Waals surface area contributed by atoms with Gasteiger partial charge in [-0.15, -0.1) is 0 Å². The molecule has 1 fully saturated rings. The molecule has 1 saturated heterocycles. The van der Waals surface area contributed by atoms with Crippen LogP contribution in [-0.2, 0) is 14.8 Å². The molecule has 18 heavy (non-hydrogen) atoms. The van der Waals surface area contributed by atoms with E-state index in [1.54, 1.807) is 12.1 Å². The van der Waals surface area contributed by atoms with Gasteiger partial charge in [-0.2, -0.15) is 5.26 Å². The van der Waals surface area contributed by atoms with Gasteiger partial charge in [0.2, 0.25) is 10.0 Å². The quantitative estimate of drug-likeness (QED) is 0.882. The SMILES string of the molecule is N#Cc1ccccc1S(=O)(=O)NCC1CCCO1. The summed E-state index contributed by atoms with van der Waals surface area (Å²) in [4.78, 5) is 0.0190. The smallest absolute Gasteiger partial charge is 0.241 e. The van der Waals surface area contributed by atoms with E-state index in [2.05, 4.69) is 4.72 Å². The largest absolute Gasteiger partial charge is 0.377 e. The second-order valence-electron chi connectivity index (χ2n) is 4.09. The Kier molecular flexibility index (Phi) is 3.97. The van der Waals surface area contributed by atoms with Gasteiger partial charge in [-0.1, -0.05) is 12.1 Å². The van der Waals surface area contributed by atoms with Crippen LogP contribution >= 0.6 is 0 Å². The molecule has 6 heteroatoms. The summed E-state index contributed by atoms with van der Waals surface area (Å²) in [5.41, 5.74) is 0.150. The van der Waals surface area contributed by atoms with Crippen LogP contribution in [0.25, 0.3) is 0 Å². The monoisotopic (exact) mass is 266 g/mol. The lowest BCUT2D eigenvalue weighted by atomic mass is 10.2. The molecule has 0 amide bonds. The van der Waals surface area contributed by atoms with Crippen molar-refractivity contribution in [3.05, 3.63) is 29.8 Å². The highest BCUT2D eigenvalue weighted by Crippen LogP contribution is 2.16. The molecule has 1 unspecified atom stereocenters. The molecule has 0 aliphatic carbocycles. The van der Waals surface area contributed by atoms with Gasteiger partial charge >= 0.3 is 0 Å². The normalized spacial score (nSPS) is 19.6. The van der Waals surface area contributed by atoms with Gasteiger partial charge in [0, 0.05) is 13.2 Å². The van der Waals surface area contributed by atoms with Crippen molar-refractivity contribution in [3.63, 3.8) is 0 Å². The Hall–Kier alpha value is -1.42. The second kappa shape index (κ2) is 5.48. The summed E-state index contributed by atoms with van der Waals surface area (Å²) in [6.45, 7) is 0.934. The summed E-state index contributed by atoms with van der Waals surface area (Å²) in [7, 11) is -3.64. The average Bonchev–Trinajstić information content (AvgIpc) is 2.89. The van der Waals surface area contributed by atoms with Crippen LogP contribution < -0.4 is 4.72 Å². The van der Waals surface area contributed by atoms with E-state index in [-0.39, 0.29) is 23.1 Å². The molecule has 1 aromatic carbocycles. The minimum atomic E-state index is -3.64. The number of benzene rings is 1. The lowest BCUT2D eigenvalue weighted by Gasteiger charge is -2.11. The summed E-state index contributed by atoms with van der Waals surface area (Å²) in [6, 6.07) is 8.03. The van der Waals surface area contributed by atoms with Gasteiger partial charge in [-0.3, -0.25) is 0 Å². The van der Waals surface area contributed by atoms with Crippen molar-refractivity contribution in [1.82, 2.24) is 4.72 Å². The molecule has 2 rings (SSSR count). The van der Waals surface area contributed by atoms with Crippen LogP contribution in [0.2, 0.25) is 0 Å². The maximum atomic E-state index is 12.1. The van der Waals surface area contributed by atoms with Gasteiger partial charge in [0.25, 0.3) is 0 Å². The number of nitrogens with one attached hydrogen (secondary N) is 1. The molecule has 0 radical (unpaired) electrons. The number of hydrogen-bond donors (Lipinski definition) is 1. The van der Waals surface area contributed by atoms with E-state index >= 15 is 0 Å². The highest BCUT2D eigenvalue weighted by molar-refractivity contribution is 7.89. The number of nitrogens with zero attached hydrogens (tertiary/aromatic N) is 1. The molecule has 0 aromatic heterocycles. The Morgan fingerprint density at radius 3 is 2.89 bits per heavy atom. The van der Waals surface area contributed by atoms with E-state index in [0.717, 1.165) is 12.8 Å². The maximum Gasteiger partial charge on any atom is 0.241 e. The maximum absolute atomic E-state index is 12.1. The van der Waals surface area contributed by atoms with E-state index in [0.29, 0.717) is 6.61 Å². The molecular formula is C12H14N2O3S. The molecule has 1 heterocycles. The van der Waals surface area contributed by atoms with Gasteiger partial charge in [-0.05, 0) is 25.0 Å². The van der Waals surface area contributed by atoms with E-state index < -0.39 is 10.0 Å². The molecule has 1 N–H and O–H groups in total. The van der Waals surface area contributed by atoms with E-state index in [9.17, 15) is 8.42 Å². The topological polar surface area (TPSA) is 79.2 Å². The van der Waals surface area contributed by atoms with Gasteiger partial charge in [0.05, 0.1) is 16.6 Å². The second-order valence-corrected chi connectivity index (χ2v) is 5.83. The van der Waals surface area contributed by atoms with Crippen LogP contribution in [-0.4, -0.2) is 27.7 Å². The molecule has 0 bridgehead atoms. The fourth-order valence-corrected chi connectivity index (χ4v) is 3.10. The summed E-state index contributed by atoms with van der Waals surface area (Å²) in [6.07, 6.45) is 1.76. The van der Waals surface area contributed by atoms with Crippen LogP contribution in [0.4, 0.5) is 0 Å². The van der Waals surface area contributed by atoms with Gasteiger partial charge in [0.1, 0.15) is 6.07 Å². The predicted molar refractivity (Wildman–Crippen MR) is 65.3 cm³/mol. The zero-order valence-electron chi connectivity index (χ0n) is 9.80. The molecule has 5 nitrogen and oxygen atoms in total. The minimum Gasteiger partial charge on any atom is -0.377 e. The summed E-state index contributed by atoms with van der Waals surface area (Å²) in [5.74, 6) is 0. The Morgan fingerprint density at radius 1 is 1.44 bits per heavy atom. The molecule has 1 aliphatic heterocycles. The van der Waals surface area contributed by atoms with Crippen LogP contribution in [0.3, 0.4) is 0 Å². The Bertz CT molecular complexity index is 557. The average molecular weight is 266 g/mol. The number of nitriles is 1. The third-order valence-corrected chi connectivity index (χ3v) is 4.30. The van der Waals surface area contributed by atoms with Crippen molar-refractivity contribution < 1.29 is 13.2 Å². The fraction of sp³-hybridized carbons (Fsp3) is 0.417. The zero-order chi connectivity index (χ0) is 13.0. The van der Waals surface area contributed by atoms with Crippen molar-refractivity contribution in [2.24, 2.45) is 0 Å². The lowest BCUT2D eigenvalue weighted by Crippen LogP contribution is -2.32. The molecule has 1 atom stereocenters. The van der Waals surface area contributed by atoms with Crippen molar-refractivity contribution in [3.8, 4) is 6.07 Å². The van der Waals surface area contributed by atoms with E-state index in [4.69, 9.17) is 10.00 Å². The standard InChI is InChI=1S/C12H14N2O3S/c13-8-10-4-1-2-6-12(10)18(15,16)14-9-11-5-3-7-17-11/h1-2,4,6,11,14H,3,5,7,9H2. The van der Waals surface area contributed by atoms with E-state index in [1.165, 1.54) is 12.1 Å². The van der Waals surface area contributed by atoms with Crippen LogP contribution in [0, 0.1) is 11.3 Å². The van der Waals surface area contributed by atoms with E-state index in [1.807, 2.05) is 6.07 Å². The zero-order valence-corrected chi connectivity index (χ0v) is 10.6. The summed E-state index contributed by atoms with van der Waals surface area (Å²) in [5, 5.41) is 8.89. The van der Waals surface area contributed by atoms with Gasteiger partial charge in [-0.25, -0.2) is 13.1 Å². The minimum absolute atomic E-state index is 0.0190. The van der Waals surface area contributed by atoms with Crippen LogP contribution in [0.5, 0.6) is 0 Å². The first-order valence-corrected chi connectivity index (χ1v) is 7.22. The number of ether oxygens (including phenoxy) is 1. The third kappa shape index (κ3) is 2.88. The van der Waals surface area contributed by atoms with Gasteiger partial charge in [0.15, 0.2) is 0 Å². The van der Waals surface area contributed by atoms with Crippen molar-refractivity contribution >= 4 is 10.0 Å². The van der Waals surface area contributed by atoms with Crippen molar-refractivity contribution in [2.45, 2.75) is 23.8 Å². The first-order chi connectivity index (χ1) is 8.63. The van der Waals surface area contributed by atoms with Crippen LogP contribution in [0.15, 0.2) is 29.2 Å². The fourth-order valence-electron chi connectivity index (χ4n) is 1.88. The molecule has 0 saturated carbocycles. The Balaban J connectivity index is 2.12. The predicted octanol–water partition coefficient (Wildman–Crippen LogP) is 1.02. The van der Waals surface area contributed by atoms with Crippen LogP contribution in [0.1, 0.15) is 18.4 Å². The van der Waals surface area contributed by atoms with Gasteiger partial charge < -0.3 is 4.74 Å². The summed E-state index contributed by atoms with van der Waals surface area (Å²) >= 11 is 0. The molecule has 96 valence electrons. The Labute approximate surface area is 106 Å². The first kappa shape index (κ1) is 13.0. The molecular weight excluding hydrogens is 252 g/mol. The molecule has 1 aromatic rings. The number of sulfonamides is 1. The number of hydrogen-bond acceptors (Lipinski definition) is 4. The van der Waals surface area contributed by atoms with Crippen molar-refractivity contribution in [1.29, 1.82) is 5.26 Å². The lowest BCUT2D eigenvalue weighted by molar-refractivity contribution is 0.114. The summed E-state index contributed by atoms with van der Waals surface area (Å²) < 4.78 is 31.9. The first-order valence-electron chi connectivity index (χ1n) is 5.74. The molecule has 1 aliphatic rings. The number of rotatable bonds is 4.